The van der Waals surface area contributed by atoms with Crippen molar-refractivity contribution < 1.29 is 5.11 Å². The molecular formula is C14H17ClN2OS. The molecule has 2 heterocycles. The first kappa shape index (κ1) is 13.2. The summed E-state index contributed by atoms with van der Waals surface area (Å²) in [5.41, 5.74) is 7.47. The van der Waals surface area contributed by atoms with Crippen LogP contribution in [-0.4, -0.2) is 28.3 Å². The maximum Gasteiger partial charge on any atom is 0.105 e. The highest BCUT2D eigenvalue weighted by molar-refractivity contribution is 7.80. The number of aliphatic hydroxyl groups is 1. The van der Waals surface area contributed by atoms with E-state index in [9.17, 15) is 5.11 Å². The summed E-state index contributed by atoms with van der Waals surface area (Å²) in [5.74, 6) is 0. The van der Waals surface area contributed by atoms with Crippen LogP contribution in [0.25, 0.3) is 0 Å². The molecule has 0 spiro atoms. The van der Waals surface area contributed by atoms with Crippen LogP contribution in [0.2, 0.25) is 5.02 Å². The second-order valence-electron chi connectivity index (χ2n) is 5.45. The lowest BCUT2D eigenvalue weighted by molar-refractivity contribution is 0.126. The van der Waals surface area contributed by atoms with Crippen LogP contribution >= 0.6 is 23.8 Å². The molecule has 2 bridgehead atoms. The van der Waals surface area contributed by atoms with E-state index in [4.69, 9.17) is 29.6 Å². The summed E-state index contributed by atoms with van der Waals surface area (Å²) in [7, 11) is 0. The van der Waals surface area contributed by atoms with Gasteiger partial charge in [0.25, 0.3) is 0 Å². The predicted octanol–water partition coefficient (Wildman–Crippen LogP) is 2.47. The molecule has 1 aromatic carbocycles. The molecule has 0 aromatic heterocycles. The number of hydrogen-bond donors (Lipinski definition) is 2. The predicted molar refractivity (Wildman–Crippen MR) is 81.9 cm³/mol. The summed E-state index contributed by atoms with van der Waals surface area (Å²) >= 11 is 11.2. The van der Waals surface area contributed by atoms with Gasteiger partial charge in [-0.15, -0.1) is 0 Å². The molecule has 0 amide bonds. The minimum absolute atomic E-state index is 0.153. The molecule has 2 saturated heterocycles. The standard InChI is InChI=1S/C14H17ClN2OS/c15-13-7-10(3-4-12(13)14(16)19)17-8-1-2-9(17)6-11(18)5-8/h3-4,7-9,11,18H,1-2,5-6H2,(H2,16,19). The zero-order valence-corrected chi connectivity index (χ0v) is 12.1. The average Bonchev–Trinajstić information content (AvgIpc) is 2.61. The van der Waals surface area contributed by atoms with E-state index in [1.165, 1.54) is 0 Å². The molecule has 2 unspecified atom stereocenters. The van der Waals surface area contributed by atoms with Gasteiger partial charge in [-0.1, -0.05) is 23.8 Å². The van der Waals surface area contributed by atoms with Crippen LogP contribution in [-0.2, 0) is 0 Å². The number of nitrogens with zero attached hydrogens (tertiary/aromatic N) is 1. The Labute approximate surface area is 123 Å². The average molecular weight is 297 g/mol. The summed E-state index contributed by atoms with van der Waals surface area (Å²) in [5, 5.41) is 10.4. The van der Waals surface area contributed by atoms with Crippen molar-refractivity contribution in [3.8, 4) is 0 Å². The highest BCUT2D eigenvalue weighted by Gasteiger charge is 2.40. The van der Waals surface area contributed by atoms with Crippen molar-refractivity contribution in [1.82, 2.24) is 0 Å². The zero-order chi connectivity index (χ0) is 13.6. The summed E-state index contributed by atoms with van der Waals surface area (Å²) in [6.07, 6.45) is 3.85. The molecule has 3 rings (SSSR count). The fourth-order valence-electron chi connectivity index (χ4n) is 3.43. The van der Waals surface area contributed by atoms with E-state index >= 15 is 0 Å². The molecule has 2 aliphatic heterocycles. The zero-order valence-electron chi connectivity index (χ0n) is 10.6. The molecule has 0 radical (unpaired) electrons. The second kappa shape index (κ2) is 4.93. The molecular weight excluding hydrogens is 280 g/mol. The Morgan fingerprint density at radius 1 is 1.32 bits per heavy atom. The molecule has 2 aliphatic rings. The van der Waals surface area contributed by atoms with Crippen molar-refractivity contribution in [2.45, 2.75) is 43.9 Å². The normalized spacial score (nSPS) is 29.6. The second-order valence-corrected chi connectivity index (χ2v) is 6.29. The van der Waals surface area contributed by atoms with Crippen molar-refractivity contribution in [3.05, 3.63) is 28.8 Å². The van der Waals surface area contributed by atoms with Gasteiger partial charge in [0.2, 0.25) is 0 Å². The number of hydrogen-bond acceptors (Lipinski definition) is 3. The van der Waals surface area contributed by atoms with Crippen LogP contribution in [0.3, 0.4) is 0 Å². The fourth-order valence-corrected chi connectivity index (χ4v) is 3.94. The summed E-state index contributed by atoms with van der Waals surface area (Å²) < 4.78 is 0. The van der Waals surface area contributed by atoms with Gasteiger partial charge in [0, 0.05) is 23.3 Å². The molecule has 19 heavy (non-hydrogen) atoms. The molecule has 2 fully saturated rings. The third-order valence-corrected chi connectivity index (χ3v) is 4.76. The van der Waals surface area contributed by atoms with Crippen LogP contribution in [0.4, 0.5) is 5.69 Å². The fraction of sp³-hybridized carbons (Fsp3) is 0.500. The molecule has 0 aliphatic carbocycles. The van der Waals surface area contributed by atoms with Crippen molar-refractivity contribution in [2.24, 2.45) is 5.73 Å². The van der Waals surface area contributed by atoms with Crippen molar-refractivity contribution >= 4 is 34.5 Å². The first-order valence-electron chi connectivity index (χ1n) is 6.62. The van der Waals surface area contributed by atoms with E-state index in [-0.39, 0.29) is 6.10 Å². The van der Waals surface area contributed by atoms with Crippen molar-refractivity contribution in [3.63, 3.8) is 0 Å². The highest BCUT2D eigenvalue weighted by Crippen LogP contribution is 2.40. The smallest absolute Gasteiger partial charge is 0.105 e. The summed E-state index contributed by atoms with van der Waals surface area (Å²) in [6.45, 7) is 0. The minimum atomic E-state index is -0.153. The van der Waals surface area contributed by atoms with Gasteiger partial charge in [-0.2, -0.15) is 0 Å². The number of fused-ring (bicyclic) bond motifs is 2. The Balaban J connectivity index is 1.91. The van der Waals surface area contributed by atoms with Crippen LogP contribution < -0.4 is 10.6 Å². The first-order valence-corrected chi connectivity index (χ1v) is 7.40. The third-order valence-electron chi connectivity index (χ3n) is 4.22. The number of thiocarbonyl (C=S) groups is 1. The van der Waals surface area contributed by atoms with Gasteiger partial charge in [-0.25, -0.2) is 0 Å². The van der Waals surface area contributed by atoms with E-state index < -0.39 is 0 Å². The quantitative estimate of drug-likeness (QED) is 0.823. The number of rotatable bonds is 2. The van der Waals surface area contributed by atoms with E-state index in [1.807, 2.05) is 18.2 Å². The van der Waals surface area contributed by atoms with Gasteiger partial charge in [-0.05, 0) is 43.9 Å². The van der Waals surface area contributed by atoms with E-state index in [1.54, 1.807) is 0 Å². The maximum atomic E-state index is 9.84. The van der Waals surface area contributed by atoms with Gasteiger partial charge >= 0.3 is 0 Å². The molecule has 3 nitrogen and oxygen atoms in total. The number of nitrogens with two attached hydrogens (primary N) is 1. The number of aliphatic hydroxyl groups excluding tert-OH is 1. The van der Waals surface area contributed by atoms with Gasteiger partial charge in [-0.3, -0.25) is 0 Å². The molecule has 5 heteroatoms. The van der Waals surface area contributed by atoms with Gasteiger partial charge in [0.15, 0.2) is 0 Å². The Morgan fingerprint density at radius 3 is 2.47 bits per heavy atom. The largest absolute Gasteiger partial charge is 0.393 e. The highest BCUT2D eigenvalue weighted by atomic mass is 35.5. The maximum absolute atomic E-state index is 9.84. The molecule has 2 atom stereocenters. The van der Waals surface area contributed by atoms with Crippen LogP contribution in [0.15, 0.2) is 18.2 Å². The topological polar surface area (TPSA) is 49.5 Å². The third kappa shape index (κ3) is 2.33. The SMILES string of the molecule is NC(=S)c1ccc(N2C3CCC2CC(O)C3)cc1Cl. The van der Waals surface area contributed by atoms with E-state index in [2.05, 4.69) is 4.90 Å². The van der Waals surface area contributed by atoms with Gasteiger partial charge in [0.1, 0.15) is 4.99 Å². The molecule has 1 aromatic rings. The van der Waals surface area contributed by atoms with E-state index in [0.717, 1.165) is 36.9 Å². The Morgan fingerprint density at radius 2 is 1.95 bits per heavy atom. The lowest BCUT2D eigenvalue weighted by Gasteiger charge is -2.39. The monoisotopic (exact) mass is 296 g/mol. The number of benzene rings is 1. The molecule has 0 saturated carbocycles. The van der Waals surface area contributed by atoms with E-state index in [0.29, 0.717) is 22.1 Å². The van der Waals surface area contributed by atoms with Crippen LogP contribution in [0, 0.1) is 0 Å². The number of piperidine rings is 1. The number of anilines is 1. The minimum Gasteiger partial charge on any atom is -0.393 e. The summed E-state index contributed by atoms with van der Waals surface area (Å²) in [4.78, 5) is 2.73. The lowest BCUT2D eigenvalue weighted by atomic mass is 9.99. The van der Waals surface area contributed by atoms with Crippen molar-refractivity contribution in [2.75, 3.05) is 4.90 Å². The lowest BCUT2D eigenvalue weighted by Crippen LogP contribution is -2.44. The van der Waals surface area contributed by atoms with Crippen molar-refractivity contribution in [1.29, 1.82) is 0 Å². The Hall–Kier alpha value is -0.840. The van der Waals surface area contributed by atoms with Gasteiger partial charge < -0.3 is 15.7 Å². The summed E-state index contributed by atoms with van der Waals surface area (Å²) in [6, 6.07) is 6.73. The molecule has 102 valence electrons. The van der Waals surface area contributed by atoms with Crippen LogP contribution in [0.5, 0.6) is 0 Å². The Bertz CT molecular complexity index is 508. The Kier molecular flexibility index (Phi) is 3.41. The molecule has 3 N–H and O–H groups in total. The van der Waals surface area contributed by atoms with Crippen LogP contribution in [0.1, 0.15) is 31.2 Å². The van der Waals surface area contributed by atoms with Gasteiger partial charge in [0.05, 0.1) is 11.1 Å². The first-order chi connectivity index (χ1) is 9.06. The number of halogens is 1.